The van der Waals surface area contributed by atoms with Crippen LogP contribution in [0.3, 0.4) is 0 Å². The lowest BCUT2D eigenvalue weighted by atomic mass is 10.0. The topological polar surface area (TPSA) is 156 Å². The first-order chi connectivity index (χ1) is 20.5. The molecule has 3 aromatic rings. The summed E-state index contributed by atoms with van der Waals surface area (Å²) in [5.74, 6) is -0.993. The van der Waals surface area contributed by atoms with Crippen LogP contribution in [0.15, 0.2) is 24.4 Å². The summed E-state index contributed by atoms with van der Waals surface area (Å²) in [5.41, 5.74) is 6.18. The Hall–Kier alpha value is -4.11. The summed E-state index contributed by atoms with van der Waals surface area (Å²) in [6.45, 7) is 2.57. The number of piperazine rings is 1. The molecular weight excluding hydrogens is 591 g/mol. The van der Waals surface area contributed by atoms with Crippen LogP contribution in [0.5, 0.6) is 0 Å². The fourth-order valence-corrected chi connectivity index (χ4v) is 5.61. The second kappa shape index (κ2) is 11.2. The van der Waals surface area contributed by atoms with Crippen molar-refractivity contribution in [3.63, 3.8) is 0 Å². The van der Waals surface area contributed by atoms with Gasteiger partial charge in [0.1, 0.15) is 0 Å². The van der Waals surface area contributed by atoms with Crippen molar-refractivity contribution in [2.45, 2.75) is 37.4 Å². The number of aromatic amines is 2. The molecule has 2 saturated heterocycles. The van der Waals surface area contributed by atoms with Crippen molar-refractivity contribution in [3.8, 4) is 0 Å². The highest BCUT2D eigenvalue weighted by Gasteiger charge is 2.41. The van der Waals surface area contributed by atoms with Crippen LogP contribution in [0.4, 0.5) is 23.7 Å². The number of aromatic nitrogens is 4. The van der Waals surface area contributed by atoms with Gasteiger partial charge in [0, 0.05) is 86.5 Å². The molecule has 1 saturated carbocycles. The van der Waals surface area contributed by atoms with Gasteiger partial charge in [0.2, 0.25) is 0 Å². The fourth-order valence-electron chi connectivity index (χ4n) is 5.35. The Morgan fingerprint density at radius 2 is 1.77 bits per heavy atom. The monoisotopic (exact) mass is 619 g/mol. The molecule has 0 atom stereocenters. The van der Waals surface area contributed by atoms with Crippen molar-refractivity contribution in [1.82, 2.24) is 34.9 Å². The lowest BCUT2D eigenvalue weighted by Crippen LogP contribution is -2.63. The standard InChI is InChI=1S/C27H29ClF3N9O3/c28-20-10-16(3-4-18(20)25(42)38-5-7-39(8-6-38)26(43)40-12-15(32)13-40)35-24(41)23-33-11-17(34-23)9-19-21(14-1-2-14)36-37-22(19)27(29,30)31/h3-4,10-11,14-15H,1-2,5-9,12-13,32H2,(H,33,34)(H,35,41)(H,36,37). The fraction of sp³-hybridized carbons (Fsp3) is 0.444. The quantitative estimate of drug-likeness (QED) is 0.332. The number of alkyl halides is 3. The Labute approximate surface area is 248 Å². The third-order valence-corrected chi connectivity index (χ3v) is 8.15. The molecule has 3 fully saturated rings. The number of likely N-dealkylation sites (tertiary alicyclic amines) is 1. The number of anilines is 1. The van der Waals surface area contributed by atoms with Crippen LogP contribution in [0.2, 0.25) is 5.02 Å². The predicted molar refractivity (Wildman–Crippen MR) is 149 cm³/mol. The Morgan fingerprint density at radius 1 is 1.07 bits per heavy atom. The zero-order chi connectivity index (χ0) is 30.5. The Bertz CT molecular complexity index is 1550. The molecule has 1 aromatic carbocycles. The van der Waals surface area contributed by atoms with Crippen molar-refractivity contribution in [1.29, 1.82) is 0 Å². The molecule has 5 N–H and O–H groups in total. The Kier molecular flexibility index (Phi) is 7.54. The number of urea groups is 1. The maximum Gasteiger partial charge on any atom is 0.435 e. The third kappa shape index (κ3) is 6.04. The molecule has 0 spiro atoms. The number of H-pyrrole nitrogens is 2. The lowest BCUT2D eigenvalue weighted by Gasteiger charge is -2.42. The average molecular weight is 620 g/mol. The second-order valence-electron chi connectivity index (χ2n) is 11.0. The molecule has 6 rings (SSSR count). The number of nitrogens with zero attached hydrogens (tertiary/aromatic N) is 5. The van der Waals surface area contributed by atoms with Crippen LogP contribution < -0.4 is 11.1 Å². The largest absolute Gasteiger partial charge is 0.435 e. The van der Waals surface area contributed by atoms with E-state index in [-0.39, 0.29) is 52.3 Å². The predicted octanol–water partition coefficient (Wildman–Crippen LogP) is 3.05. The molecule has 0 bridgehead atoms. The number of amides is 4. The molecule has 4 amide bonds. The second-order valence-corrected chi connectivity index (χ2v) is 11.5. The summed E-state index contributed by atoms with van der Waals surface area (Å²) in [4.78, 5) is 50.3. The van der Waals surface area contributed by atoms with Gasteiger partial charge in [0.05, 0.1) is 10.6 Å². The van der Waals surface area contributed by atoms with E-state index >= 15 is 0 Å². The van der Waals surface area contributed by atoms with Crippen LogP contribution in [0.1, 0.15) is 62.4 Å². The summed E-state index contributed by atoms with van der Waals surface area (Å²) >= 11 is 6.41. The van der Waals surface area contributed by atoms with Crippen LogP contribution in [0.25, 0.3) is 0 Å². The number of hydrogen-bond donors (Lipinski definition) is 4. The van der Waals surface area contributed by atoms with Gasteiger partial charge in [-0.25, -0.2) is 9.78 Å². The molecule has 228 valence electrons. The normalized spacial score (nSPS) is 17.7. The van der Waals surface area contributed by atoms with Crippen LogP contribution in [0, 0.1) is 0 Å². The summed E-state index contributed by atoms with van der Waals surface area (Å²) in [6.07, 6.45) is -1.82. The van der Waals surface area contributed by atoms with Crippen molar-refractivity contribution in [2.75, 3.05) is 44.6 Å². The number of halogens is 4. The first-order valence-electron chi connectivity index (χ1n) is 13.9. The van der Waals surface area contributed by atoms with E-state index in [1.807, 2.05) is 0 Å². The number of carbonyl (C=O) groups excluding carboxylic acids is 3. The van der Waals surface area contributed by atoms with Crippen LogP contribution in [-0.4, -0.2) is 98.0 Å². The third-order valence-electron chi connectivity index (χ3n) is 7.84. The van der Waals surface area contributed by atoms with E-state index in [0.29, 0.717) is 56.3 Å². The molecule has 0 radical (unpaired) electrons. The summed E-state index contributed by atoms with van der Waals surface area (Å²) in [6, 6.07) is 4.40. The Balaban J connectivity index is 1.06. The van der Waals surface area contributed by atoms with Crippen molar-refractivity contribution in [2.24, 2.45) is 5.73 Å². The number of nitrogens with one attached hydrogen (secondary N) is 3. The molecule has 16 heteroatoms. The summed E-state index contributed by atoms with van der Waals surface area (Å²) in [7, 11) is 0. The van der Waals surface area contributed by atoms with Gasteiger partial charge in [0.15, 0.2) is 11.5 Å². The maximum atomic E-state index is 13.5. The van der Waals surface area contributed by atoms with E-state index in [9.17, 15) is 27.6 Å². The summed E-state index contributed by atoms with van der Waals surface area (Å²) < 4.78 is 40.5. The average Bonchev–Trinajstić information content (AvgIpc) is 3.52. The summed E-state index contributed by atoms with van der Waals surface area (Å²) in [5, 5.41) is 8.80. The maximum absolute atomic E-state index is 13.5. The number of imidazole rings is 1. The van der Waals surface area contributed by atoms with Crippen LogP contribution in [-0.2, 0) is 12.6 Å². The number of hydrogen-bond acceptors (Lipinski definition) is 6. The van der Waals surface area contributed by atoms with Gasteiger partial charge in [-0.05, 0) is 31.0 Å². The Morgan fingerprint density at radius 3 is 2.40 bits per heavy atom. The van der Waals surface area contributed by atoms with Gasteiger partial charge in [-0.15, -0.1) is 0 Å². The SMILES string of the molecule is NC1CN(C(=O)N2CCN(C(=O)c3ccc(NC(=O)c4ncc(Cc5c(C(F)(F)F)n[nH]c5C5CC5)[nH]4)cc3Cl)CC2)C1. The van der Waals surface area contributed by atoms with Gasteiger partial charge < -0.3 is 30.7 Å². The number of nitrogens with two attached hydrogens (primary N) is 1. The highest BCUT2D eigenvalue weighted by atomic mass is 35.5. The van der Waals surface area contributed by atoms with E-state index in [2.05, 4.69) is 25.5 Å². The highest BCUT2D eigenvalue weighted by Crippen LogP contribution is 2.44. The first-order valence-corrected chi connectivity index (χ1v) is 14.2. The van der Waals surface area contributed by atoms with Gasteiger partial charge in [0.25, 0.3) is 11.8 Å². The molecule has 2 aromatic heterocycles. The van der Waals surface area contributed by atoms with E-state index < -0.39 is 17.8 Å². The van der Waals surface area contributed by atoms with Crippen LogP contribution >= 0.6 is 11.6 Å². The van der Waals surface area contributed by atoms with Gasteiger partial charge >= 0.3 is 12.2 Å². The minimum atomic E-state index is -4.61. The van der Waals surface area contributed by atoms with Crippen molar-refractivity contribution < 1.29 is 27.6 Å². The minimum Gasteiger partial charge on any atom is -0.337 e. The lowest BCUT2D eigenvalue weighted by molar-refractivity contribution is -0.141. The number of rotatable bonds is 6. The van der Waals surface area contributed by atoms with E-state index in [1.54, 1.807) is 14.7 Å². The zero-order valence-corrected chi connectivity index (χ0v) is 23.6. The smallest absolute Gasteiger partial charge is 0.337 e. The van der Waals surface area contributed by atoms with E-state index in [4.69, 9.17) is 17.3 Å². The molecular formula is C27H29ClF3N9O3. The molecule has 4 heterocycles. The molecule has 12 nitrogen and oxygen atoms in total. The van der Waals surface area contributed by atoms with Gasteiger partial charge in [-0.2, -0.15) is 18.3 Å². The highest BCUT2D eigenvalue weighted by molar-refractivity contribution is 6.34. The van der Waals surface area contributed by atoms with E-state index in [1.165, 1.54) is 24.4 Å². The number of benzene rings is 1. The van der Waals surface area contributed by atoms with Crippen molar-refractivity contribution >= 4 is 35.1 Å². The van der Waals surface area contributed by atoms with Gasteiger partial charge in [-0.1, -0.05) is 11.6 Å². The van der Waals surface area contributed by atoms with Crippen molar-refractivity contribution in [3.05, 3.63) is 63.5 Å². The molecule has 1 aliphatic carbocycles. The first kappa shape index (κ1) is 29.0. The molecule has 2 aliphatic heterocycles. The van der Waals surface area contributed by atoms with E-state index in [0.717, 1.165) is 12.8 Å². The minimum absolute atomic E-state index is 0.0150. The molecule has 3 aliphatic rings. The number of carbonyl (C=O) groups is 3. The zero-order valence-electron chi connectivity index (χ0n) is 22.9. The molecule has 0 unspecified atom stereocenters. The molecule has 43 heavy (non-hydrogen) atoms. The van der Waals surface area contributed by atoms with Gasteiger partial charge in [-0.3, -0.25) is 14.7 Å².